The van der Waals surface area contributed by atoms with E-state index in [0.717, 1.165) is 16.8 Å². The summed E-state index contributed by atoms with van der Waals surface area (Å²) in [6, 6.07) is 1.58. The topological polar surface area (TPSA) is 339 Å². The molecule has 13 N–H and O–H groups in total. The maximum atomic E-state index is 14.2. The van der Waals surface area contributed by atoms with E-state index in [1.54, 1.807) is 73.8 Å². The Morgan fingerprint density at radius 3 is 1.68 bits per heavy atom. The Kier molecular flexibility index (Phi) is 23.5. The molecule has 0 aliphatic heterocycles. The maximum Gasteiger partial charge on any atom is 0.256 e. The smallest absolute Gasteiger partial charge is 0.256 e. The number of alkyl halides is 1. The lowest BCUT2D eigenvalue weighted by Crippen LogP contribution is -2.70. The van der Waals surface area contributed by atoms with Gasteiger partial charge in [-0.1, -0.05) is 22.6 Å². The predicted molar refractivity (Wildman–Crippen MR) is 262 cm³/mol. The molecule has 0 heterocycles. The molecule has 0 radical (unpaired) electrons. The third kappa shape index (κ3) is 13.3. The number of hydrogen-bond donors (Lipinski definition) is 13. The van der Waals surface area contributed by atoms with E-state index in [1.807, 2.05) is 67.8 Å². The normalized spacial score (nSPS) is 19.1. The molecule has 21 nitrogen and oxygen atoms in total. The van der Waals surface area contributed by atoms with Crippen molar-refractivity contribution in [3.8, 4) is 0 Å². The molecule has 1 aromatic rings. The van der Waals surface area contributed by atoms with E-state index in [9.17, 15) is 69.6 Å². The van der Waals surface area contributed by atoms with Gasteiger partial charge in [0, 0.05) is 60.1 Å². The maximum absolute atomic E-state index is 14.2. The molecule has 2 rings (SSSR count). The van der Waals surface area contributed by atoms with Crippen molar-refractivity contribution in [2.45, 2.75) is 40.1 Å². The number of likely N-dealkylation sites (N-methyl/N-ethyl adjacent to an activating group) is 2. The highest BCUT2D eigenvalue weighted by Gasteiger charge is 2.56. The van der Waals surface area contributed by atoms with Crippen LogP contribution >= 0.6 is 136 Å². The summed E-state index contributed by atoms with van der Waals surface area (Å²) >= 11 is 10.7. The molecule has 1 aliphatic rings. The van der Waals surface area contributed by atoms with Gasteiger partial charge in [0.15, 0.2) is 11.8 Å². The zero-order chi connectivity index (χ0) is 46.0. The van der Waals surface area contributed by atoms with Crippen molar-refractivity contribution in [3.05, 3.63) is 46.2 Å². The molecule has 0 bridgehead atoms. The minimum absolute atomic E-state index is 0.0220. The van der Waals surface area contributed by atoms with Crippen LogP contribution in [0.25, 0.3) is 0 Å². The van der Waals surface area contributed by atoms with E-state index in [2.05, 4.69) is 21.3 Å². The fourth-order valence-electron chi connectivity index (χ4n) is 5.36. The standard InChI is InChI=1S/C33H42I6N6O15/c1-44(7-14(52)9-47)31(59)22-24(37)21(26(38)33(27(22)39,43-18(54)11-49)45(2)32(60)25(55)17(53)10-48)30(58)41-5-12(50)4-40-28(56)19-15(34)3-16(35)20(23(19)36)29(57)42-6-13(51)8-46/h3,12-14,17,25-26,46-53,55H,4-11H2,1-2H3,(H,40,56)(H,41,58)(H,42,57)(H,43,54). The highest BCUT2D eigenvalue weighted by Crippen LogP contribution is 2.49. The quantitative estimate of drug-likeness (QED) is 0.0347. The van der Waals surface area contributed by atoms with Crippen molar-refractivity contribution >= 4 is 171 Å². The number of aliphatic hydroxyl groups is 9. The summed E-state index contributed by atoms with van der Waals surface area (Å²) in [4.78, 5) is 83.0. The SMILES string of the molecule is CN(CC(O)CO)C(=O)C1=C(I)C(NC(=O)CO)(N(C)C(=O)C(O)C(O)CO)C(I)C(C(=O)NCC(O)CNC(=O)c2c(I)cc(I)c(C(=O)NCC(O)CO)c2I)=C1I. The number of amides is 6. The third-order valence-corrected chi connectivity index (χ3v) is 15.4. The Morgan fingerprint density at radius 1 is 0.733 bits per heavy atom. The molecule has 336 valence electrons. The molecular formula is C33H42I6N6O15. The van der Waals surface area contributed by atoms with Crippen LogP contribution in [0.15, 0.2) is 24.4 Å². The number of nitrogens with zero attached hydrogens (tertiary/aromatic N) is 2. The number of benzene rings is 1. The van der Waals surface area contributed by atoms with Crippen LogP contribution in [-0.2, 0) is 19.2 Å². The van der Waals surface area contributed by atoms with Crippen molar-refractivity contribution in [2.24, 2.45) is 0 Å². The molecule has 1 aliphatic carbocycles. The number of halogens is 6. The van der Waals surface area contributed by atoms with Gasteiger partial charge in [-0.15, -0.1) is 0 Å². The average molecular weight is 1520 g/mol. The van der Waals surface area contributed by atoms with Crippen LogP contribution in [0.3, 0.4) is 0 Å². The first-order chi connectivity index (χ1) is 28.0. The fourth-order valence-corrected chi connectivity index (χ4v) is 15.3. The molecule has 7 unspecified atom stereocenters. The molecule has 7 atom stereocenters. The molecule has 27 heteroatoms. The Morgan fingerprint density at radius 2 is 1.22 bits per heavy atom. The van der Waals surface area contributed by atoms with Gasteiger partial charge < -0.3 is 77.0 Å². The number of nitrogens with one attached hydrogen (secondary N) is 4. The van der Waals surface area contributed by atoms with Crippen molar-refractivity contribution in [2.75, 3.05) is 66.7 Å². The molecule has 0 spiro atoms. The minimum atomic E-state index is -2.27. The summed E-state index contributed by atoms with van der Waals surface area (Å²) in [5.74, 6) is -5.49. The molecule has 0 fully saturated rings. The second kappa shape index (κ2) is 25.3. The third-order valence-electron chi connectivity index (χ3n) is 8.60. The summed E-state index contributed by atoms with van der Waals surface area (Å²) in [5, 5.41) is 99.1. The number of aliphatic hydroxyl groups excluding tert-OH is 9. The van der Waals surface area contributed by atoms with Gasteiger partial charge in [-0.3, -0.25) is 28.8 Å². The van der Waals surface area contributed by atoms with E-state index in [4.69, 9.17) is 5.11 Å². The lowest BCUT2D eigenvalue weighted by atomic mass is 9.86. The molecule has 0 aromatic heterocycles. The largest absolute Gasteiger partial charge is 0.394 e. The first kappa shape index (κ1) is 55.7. The van der Waals surface area contributed by atoms with E-state index in [0.29, 0.717) is 7.14 Å². The minimum Gasteiger partial charge on any atom is -0.394 e. The van der Waals surface area contributed by atoms with E-state index in [-0.39, 0.29) is 39.5 Å². The van der Waals surface area contributed by atoms with Crippen LogP contribution in [0.4, 0.5) is 0 Å². The van der Waals surface area contributed by atoms with Gasteiger partial charge in [-0.25, -0.2) is 0 Å². The summed E-state index contributed by atoms with van der Waals surface area (Å²) < 4.78 is -0.285. The Labute approximate surface area is 424 Å². The van der Waals surface area contributed by atoms with Gasteiger partial charge in [-0.2, -0.15) is 0 Å². The van der Waals surface area contributed by atoms with Crippen molar-refractivity contribution < 1.29 is 74.7 Å². The van der Waals surface area contributed by atoms with Crippen molar-refractivity contribution in [1.82, 2.24) is 31.1 Å². The number of carbonyl (C=O) groups is 6. The second-order valence-corrected chi connectivity index (χ2v) is 19.7. The zero-order valence-corrected chi connectivity index (χ0v) is 44.3. The molecule has 60 heavy (non-hydrogen) atoms. The van der Waals surface area contributed by atoms with Crippen LogP contribution in [0.5, 0.6) is 0 Å². The monoisotopic (exact) mass is 1520 g/mol. The first-order valence-corrected chi connectivity index (χ1v) is 23.8. The highest BCUT2D eigenvalue weighted by atomic mass is 127. The number of carbonyl (C=O) groups excluding carboxylic acids is 6. The molecule has 6 amide bonds. The fraction of sp³-hybridized carbons (Fsp3) is 0.515. The van der Waals surface area contributed by atoms with E-state index in [1.165, 1.54) is 7.05 Å². The van der Waals surface area contributed by atoms with Gasteiger partial charge in [-0.05, 0) is 119 Å². The summed E-state index contributed by atoms with van der Waals surface area (Å²) in [7, 11) is 2.34. The lowest BCUT2D eigenvalue weighted by molar-refractivity contribution is -0.153. The first-order valence-electron chi connectivity index (χ1n) is 17.1. The predicted octanol–water partition coefficient (Wildman–Crippen LogP) is -3.23. The summed E-state index contributed by atoms with van der Waals surface area (Å²) in [6.45, 7) is -5.09. The Hall–Kier alpha value is -0.460. The Balaban J connectivity index is 2.55. The van der Waals surface area contributed by atoms with Crippen LogP contribution in [0, 0.1) is 10.7 Å². The average Bonchev–Trinajstić information content (AvgIpc) is 3.20. The van der Waals surface area contributed by atoms with Gasteiger partial charge in [0.05, 0.1) is 62.3 Å². The van der Waals surface area contributed by atoms with Gasteiger partial charge in [0.1, 0.15) is 12.7 Å². The van der Waals surface area contributed by atoms with Crippen LogP contribution < -0.4 is 21.3 Å². The zero-order valence-electron chi connectivity index (χ0n) is 31.3. The van der Waals surface area contributed by atoms with Gasteiger partial charge in [0.25, 0.3) is 23.6 Å². The summed E-state index contributed by atoms with van der Waals surface area (Å²) in [6.07, 6.45) is -8.30. The summed E-state index contributed by atoms with van der Waals surface area (Å²) in [5.41, 5.74) is -2.58. The van der Waals surface area contributed by atoms with E-state index < -0.39 is 122 Å². The molecular weight excluding hydrogens is 1480 g/mol. The number of rotatable bonds is 20. The molecule has 0 saturated heterocycles. The Bertz CT molecular complexity index is 1880. The van der Waals surface area contributed by atoms with Crippen molar-refractivity contribution in [3.63, 3.8) is 0 Å². The lowest BCUT2D eigenvalue weighted by Gasteiger charge is -2.49. The molecule has 1 aromatic carbocycles. The highest BCUT2D eigenvalue weighted by molar-refractivity contribution is 14.1. The van der Waals surface area contributed by atoms with E-state index >= 15 is 0 Å². The van der Waals surface area contributed by atoms with Crippen molar-refractivity contribution in [1.29, 1.82) is 0 Å². The van der Waals surface area contributed by atoms with Gasteiger partial charge >= 0.3 is 0 Å². The second-order valence-electron chi connectivity index (χ2n) is 12.9. The molecule has 0 saturated carbocycles. The van der Waals surface area contributed by atoms with Crippen LogP contribution in [0.2, 0.25) is 0 Å². The van der Waals surface area contributed by atoms with Crippen LogP contribution in [0.1, 0.15) is 20.7 Å². The van der Waals surface area contributed by atoms with Crippen LogP contribution in [-0.4, -0.2) is 198 Å². The number of hydrogen-bond acceptors (Lipinski definition) is 15. The van der Waals surface area contributed by atoms with Gasteiger partial charge in [0.2, 0.25) is 11.8 Å².